The van der Waals surface area contributed by atoms with Crippen LogP contribution in [0.2, 0.25) is 0 Å². The molecule has 1 unspecified atom stereocenters. The molecule has 1 heterocycles. The molecular formula is C14H25N3O. The maximum absolute atomic E-state index is 12.2. The Morgan fingerprint density at radius 3 is 2.67 bits per heavy atom. The van der Waals surface area contributed by atoms with Crippen LogP contribution in [0.3, 0.4) is 0 Å². The number of hydrogen-bond acceptors (Lipinski definition) is 2. The molecule has 18 heavy (non-hydrogen) atoms. The predicted molar refractivity (Wildman–Crippen MR) is 73.9 cm³/mol. The Hall–Kier alpha value is -1.03. The minimum atomic E-state index is 0.154. The van der Waals surface area contributed by atoms with Crippen molar-refractivity contribution in [3.8, 4) is 0 Å². The molecule has 1 atom stereocenters. The molecular weight excluding hydrogens is 226 g/mol. The van der Waals surface area contributed by atoms with Gasteiger partial charge in [-0.15, -0.1) is 0 Å². The standard InChI is InChI=1S/C14H25N3O/c1-4-7-15-13(11(2)3)10-16-8-9-17(14(16)18)12-5-6-12/h8-9,11-13,15H,4-7,10H2,1-3H3. The largest absolute Gasteiger partial charge is 0.328 e. The van der Waals surface area contributed by atoms with Gasteiger partial charge < -0.3 is 5.32 Å². The van der Waals surface area contributed by atoms with Crippen LogP contribution in [0.4, 0.5) is 0 Å². The summed E-state index contributed by atoms with van der Waals surface area (Å²) >= 11 is 0. The highest BCUT2D eigenvalue weighted by Gasteiger charge is 2.26. The van der Waals surface area contributed by atoms with Crippen molar-refractivity contribution < 1.29 is 0 Å². The van der Waals surface area contributed by atoms with E-state index in [1.807, 2.05) is 21.5 Å². The lowest BCUT2D eigenvalue weighted by Crippen LogP contribution is -2.40. The molecule has 1 aromatic rings. The van der Waals surface area contributed by atoms with E-state index in [0.717, 1.165) is 32.4 Å². The fourth-order valence-corrected chi connectivity index (χ4v) is 2.25. The molecule has 0 amide bonds. The Balaban J connectivity index is 2.03. The first kappa shape index (κ1) is 13.4. The highest BCUT2D eigenvalue weighted by molar-refractivity contribution is 4.92. The monoisotopic (exact) mass is 251 g/mol. The zero-order valence-corrected chi connectivity index (χ0v) is 11.7. The zero-order valence-electron chi connectivity index (χ0n) is 11.7. The van der Waals surface area contributed by atoms with E-state index < -0.39 is 0 Å². The molecule has 0 aliphatic heterocycles. The minimum Gasteiger partial charge on any atom is -0.312 e. The quantitative estimate of drug-likeness (QED) is 0.805. The van der Waals surface area contributed by atoms with Crippen molar-refractivity contribution >= 4 is 0 Å². The summed E-state index contributed by atoms with van der Waals surface area (Å²) in [4.78, 5) is 12.2. The molecule has 0 radical (unpaired) electrons. The van der Waals surface area contributed by atoms with Crippen LogP contribution in [0.15, 0.2) is 17.2 Å². The summed E-state index contributed by atoms with van der Waals surface area (Å²) in [6.45, 7) is 8.36. The van der Waals surface area contributed by atoms with Gasteiger partial charge in [0, 0.05) is 31.0 Å². The van der Waals surface area contributed by atoms with Crippen LogP contribution < -0.4 is 11.0 Å². The number of nitrogens with one attached hydrogen (secondary N) is 1. The smallest absolute Gasteiger partial charge is 0.312 e. The van der Waals surface area contributed by atoms with Crippen molar-refractivity contribution in [2.24, 2.45) is 5.92 Å². The Morgan fingerprint density at radius 2 is 2.11 bits per heavy atom. The fraction of sp³-hybridized carbons (Fsp3) is 0.786. The van der Waals surface area contributed by atoms with Crippen LogP contribution in [0.5, 0.6) is 0 Å². The summed E-state index contributed by atoms with van der Waals surface area (Å²) in [5.74, 6) is 0.535. The van der Waals surface area contributed by atoms with E-state index in [0.29, 0.717) is 18.0 Å². The van der Waals surface area contributed by atoms with Gasteiger partial charge in [0.15, 0.2) is 0 Å². The zero-order chi connectivity index (χ0) is 13.1. The summed E-state index contributed by atoms with van der Waals surface area (Å²) in [7, 11) is 0. The Labute approximate surface area is 109 Å². The van der Waals surface area contributed by atoms with Crippen molar-refractivity contribution in [1.29, 1.82) is 0 Å². The van der Waals surface area contributed by atoms with Gasteiger partial charge in [0.1, 0.15) is 0 Å². The molecule has 1 aliphatic carbocycles. The number of hydrogen-bond donors (Lipinski definition) is 1. The van der Waals surface area contributed by atoms with Crippen LogP contribution in [-0.4, -0.2) is 21.7 Å². The molecule has 0 bridgehead atoms. The third kappa shape index (κ3) is 3.05. The maximum atomic E-state index is 12.2. The lowest BCUT2D eigenvalue weighted by Gasteiger charge is -2.22. The van der Waals surface area contributed by atoms with E-state index >= 15 is 0 Å². The fourth-order valence-electron chi connectivity index (χ4n) is 2.25. The second kappa shape index (κ2) is 5.74. The lowest BCUT2D eigenvalue weighted by atomic mass is 10.0. The predicted octanol–water partition coefficient (Wildman–Crippen LogP) is 2.01. The van der Waals surface area contributed by atoms with E-state index in [1.165, 1.54) is 0 Å². The van der Waals surface area contributed by atoms with Gasteiger partial charge in [0.2, 0.25) is 0 Å². The molecule has 1 aliphatic rings. The molecule has 1 saturated carbocycles. The van der Waals surface area contributed by atoms with Crippen LogP contribution in [0, 0.1) is 5.92 Å². The van der Waals surface area contributed by atoms with Crippen molar-refractivity contribution in [3.63, 3.8) is 0 Å². The first-order valence-electron chi connectivity index (χ1n) is 7.14. The summed E-state index contributed by atoms with van der Waals surface area (Å²) in [6.07, 6.45) is 7.32. The van der Waals surface area contributed by atoms with E-state index in [2.05, 4.69) is 26.1 Å². The lowest BCUT2D eigenvalue weighted by molar-refractivity contribution is 0.351. The SMILES string of the molecule is CCCNC(Cn1ccn(C2CC2)c1=O)C(C)C. The topological polar surface area (TPSA) is 39.0 Å². The van der Waals surface area contributed by atoms with Crippen molar-refractivity contribution in [1.82, 2.24) is 14.5 Å². The molecule has 4 nitrogen and oxygen atoms in total. The number of imidazole rings is 1. The van der Waals surface area contributed by atoms with E-state index in [4.69, 9.17) is 0 Å². The Kier molecular flexibility index (Phi) is 4.27. The van der Waals surface area contributed by atoms with E-state index in [1.54, 1.807) is 0 Å². The average molecular weight is 251 g/mol. The third-order valence-electron chi connectivity index (χ3n) is 3.67. The minimum absolute atomic E-state index is 0.154. The highest BCUT2D eigenvalue weighted by atomic mass is 16.1. The molecule has 1 N–H and O–H groups in total. The summed E-state index contributed by atoms with van der Waals surface area (Å²) < 4.78 is 3.74. The van der Waals surface area contributed by atoms with Gasteiger partial charge >= 0.3 is 5.69 Å². The van der Waals surface area contributed by atoms with Gasteiger partial charge in [-0.05, 0) is 31.7 Å². The summed E-state index contributed by atoms with van der Waals surface area (Å²) in [5, 5.41) is 3.53. The highest BCUT2D eigenvalue weighted by Crippen LogP contribution is 2.33. The van der Waals surface area contributed by atoms with Gasteiger partial charge in [-0.25, -0.2) is 4.79 Å². The first-order valence-corrected chi connectivity index (χ1v) is 7.14. The van der Waals surface area contributed by atoms with E-state index in [9.17, 15) is 4.79 Å². The number of aromatic nitrogens is 2. The van der Waals surface area contributed by atoms with Gasteiger partial charge in [0.05, 0.1) is 0 Å². The summed E-state index contributed by atoms with van der Waals surface area (Å²) in [6, 6.07) is 0.845. The van der Waals surface area contributed by atoms with E-state index in [-0.39, 0.29) is 5.69 Å². The van der Waals surface area contributed by atoms with Gasteiger partial charge in [0.25, 0.3) is 0 Å². The molecule has 4 heteroatoms. The normalized spacial score (nSPS) is 17.3. The maximum Gasteiger partial charge on any atom is 0.328 e. The first-order chi connectivity index (χ1) is 8.63. The molecule has 0 saturated heterocycles. The van der Waals surface area contributed by atoms with Crippen LogP contribution in [0.25, 0.3) is 0 Å². The number of nitrogens with zero attached hydrogens (tertiary/aromatic N) is 2. The Morgan fingerprint density at radius 1 is 1.39 bits per heavy atom. The van der Waals surface area contributed by atoms with Crippen molar-refractivity contribution in [2.45, 2.75) is 58.7 Å². The number of rotatable bonds is 7. The average Bonchev–Trinajstić information content (AvgIpc) is 3.10. The van der Waals surface area contributed by atoms with Gasteiger partial charge in [-0.3, -0.25) is 9.13 Å². The second-order valence-electron chi connectivity index (χ2n) is 5.68. The third-order valence-corrected chi connectivity index (χ3v) is 3.67. The molecule has 0 spiro atoms. The molecule has 0 aromatic carbocycles. The van der Waals surface area contributed by atoms with Gasteiger partial charge in [-0.2, -0.15) is 0 Å². The molecule has 102 valence electrons. The van der Waals surface area contributed by atoms with Crippen molar-refractivity contribution in [3.05, 3.63) is 22.9 Å². The Bertz CT molecular complexity index is 428. The molecule has 1 aromatic heterocycles. The van der Waals surface area contributed by atoms with Crippen LogP contribution in [0.1, 0.15) is 46.1 Å². The van der Waals surface area contributed by atoms with Crippen LogP contribution in [-0.2, 0) is 6.54 Å². The molecule has 2 rings (SSSR count). The van der Waals surface area contributed by atoms with Gasteiger partial charge in [-0.1, -0.05) is 20.8 Å². The molecule has 1 fully saturated rings. The van der Waals surface area contributed by atoms with Crippen LogP contribution >= 0.6 is 0 Å². The second-order valence-corrected chi connectivity index (χ2v) is 5.68. The summed E-state index contributed by atoms with van der Waals surface area (Å²) in [5.41, 5.74) is 0.154. The van der Waals surface area contributed by atoms with Crippen molar-refractivity contribution in [2.75, 3.05) is 6.54 Å².